The predicted octanol–water partition coefficient (Wildman–Crippen LogP) is -3.09. The minimum atomic E-state index is -1.67. The molecular weight excluding hydrogens is 118 g/mol. The molecule has 0 fully saturated rings. The van der Waals surface area contributed by atoms with Gasteiger partial charge in [0.25, 0.3) is 0 Å². The topological polar surface area (TPSA) is 27.7 Å². The first-order valence-electron chi connectivity index (χ1n) is 1.93. The van der Waals surface area contributed by atoms with Crippen molar-refractivity contribution in [1.29, 1.82) is 0 Å². The molecular formula is C3H9AlLiO3. The maximum absolute atomic E-state index is 4.74. The fraction of sp³-hybridized carbons (Fsp3) is 1.00. The van der Waals surface area contributed by atoms with Gasteiger partial charge in [-0.25, -0.2) is 0 Å². The van der Waals surface area contributed by atoms with E-state index in [0.717, 1.165) is 0 Å². The molecule has 0 heterocycles. The number of rotatable bonds is 3. The van der Waals surface area contributed by atoms with Crippen LogP contribution in [-0.4, -0.2) is 36.5 Å². The van der Waals surface area contributed by atoms with Crippen LogP contribution in [0.1, 0.15) is 0 Å². The van der Waals surface area contributed by atoms with Gasteiger partial charge in [0.1, 0.15) is 0 Å². The summed E-state index contributed by atoms with van der Waals surface area (Å²) in [7, 11) is 4.72. The van der Waals surface area contributed by atoms with Crippen LogP contribution in [0.2, 0.25) is 0 Å². The molecule has 0 atom stereocenters. The average Bonchev–Trinajstić information content (AvgIpc) is 1.72. The molecule has 43 valence electrons. The maximum Gasteiger partial charge on any atom is 1.00 e. The second-order valence-corrected chi connectivity index (χ2v) is 2.99. The van der Waals surface area contributed by atoms with Gasteiger partial charge in [-0.3, -0.25) is 0 Å². The van der Waals surface area contributed by atoms with Gasteiger partial charge >= 0.3 is 34.0 Å². The average molecular weight is 127 g/mol. The first kappa shape index (κ1) is 11.8. The molecule has 8 heavy (non-hydrogen) atoms. The van der Waals surface area contributed by atoms with Crippen molar-refractivity contribution < 1.29 is 30.2 Å². The number of hydrogen-bond acceptors (Lipinski definition) is 3. The molecule has 0 N–H and O–H groups in total. The summed E-state index contributed by atoms with van der Waals surface area (Å²) in [6.07, 6.45) is 0. The molecule has 0 rings (SSSR count). The van der Waals surface area contributed by atoms with Gasteiger partial charge in [-0.15, -0.1) is 0 Å². The van der Waals surface area contributed by atoms with Gasteiger partial charge in [0.15, 0.2) is 0 Å². The molecule has 0 unspecified atom stereocenters. The molecule has 0 aromatic rings. The van der Waals surface area contributed by atoms with Gasteiger partial charge in [-0.05, 0) is 21.3 Å². The molecule has 5 heteroatoms. The SMILES string of the molecule is C[O][Al-]([O]C)[O]C.[Li+]. The van der Waals surface area contributed by atoms with E-state index in [2.05, 4.69) is 0 Å². The molecule has 0 aliphatic heterocycles. The first-order valence-corrected chi connectivity index (χ1v) is 3.35. The summed E-state index contributed by atoms with van der Waals surface area (Å²) in [5, 5.41) is 0. The second-order valence-electron chi connectivity index (χ2n) is 0.996. The van der Waals surface area contributed by atoms with Crippen LogP contribution in [0.3, 0.4) is 0 Å². The molecule has 1 radical (unpaired) electrons. The molecule has 0 aromatic heterocycles. The zero-order valence-electron chi connectivity index (χ0n) is 5.80. The van der Waals surface area contributed by atoms with E-state index in [9.17, 15) is 0 Å². The van der Waals surface area contributed by atoms with Crippen molar-refractivity contribution >= 4 is 15.1 Å². The van der Waals surface area contributed by atoms with Crippen molar-refractivity contribution in [2.75, 3.05) is 21.3 Å². The Morgan fingerprint density at radius 1 is 0.875 bits per heavy atom. The Hall–Kier alpha value is 1.01. The summed E-state index contributed by atoms with van der Waals surface area (Å²) in [6.45, 7) is 0. The Morgan fingerprint density at radius 3 is 1.12 bits per heavy atom. The summed E-state index contributed by atoms with van der Waals surface area (Å²) in [4.78, 5) is 0. The summed E-state index contributed by atoms with van der Waals surface area (Å²) in [6, 6.07) is 0. The monoisotopic (exact) mass is 127 g/mol. The fourth-order valence-corrected chi connectivity index (χ4v) is 0.866. The quantitative estimate of drug-likeness (QED) is 0.376. The molecule has 0 bridgehead atoms. The predicted molar refractivity (Wildman–Crippen MR) is 26.8 cm³/mol. The largest absolute Gasteiger partial charge is 1.00 e. The molecule has 0 saturated heterocycles. The van der Waals surface area contributed by atoms with Crippen molar-refractivity contribution in [1.82, 2.24) is 0 Å². The minimum Gasteiger partial charge on any atom is -0.636 e. The minimum absolute atomic E-state index is 0. The van der Waals surface area contributed by atoms with Gasteiger partial charge in [-0.2, -0.15) is 0 Å². The fourth-order valence-electron chi connectivity index (χ4n) is 0.289. The molecule has 3 nitrogen and oxygen atoms in total. The van der Waals surface area contributed by atoms with Crippen molar-refractivity contribution in [2.24, 2.45) is 0 Å². The molecule has 0 aliphatic carbocycles. The van der Waals surface area contributed by atoms with Gasteiger partial charge in [-0.1, -0.05) is 0 Å². The molecule has 0 saturated carbocycles. The van der Waals surface area contributed by atoms with Gasteiger partial charge < -0.3 is 11.4 Å². The Labute approximate surface area is 66.9 Å². The van der Waals surface area contributed by atoms with E-state index < -0.39 is 15.1 Å². The third-order valence-electron chi connectivity index (χ3n) is 0.577. The van der Waals surface area contributed by atoms with Crippen LogP contribution in [-0.2, 0) is 11.4 Å². The van der Waals surface area contributed by atoms with Crippen molar-refractivity contribution in [3.05, 3.63) is 0 Å². The summed E-state index contributed by atoms with van der Waals surface area (Å²) in [5.74, 6) is 0. The molecule has 0 amide bonds. The smallest absolute Gasteiger partial charge is 0.636 e. The molecule has 0 spiro atoms. The van der Waals surface area contributed by atoms with E-state index >= 15 is 0 Å². The van der Waals surface area contributed by atoms with Gasteiger partial charge in [0.2, 0.25) is 0 Å². The Balaban J connectivity index is 0. The van der Waals surface area contributed by atoms with Crippen molar-refractivity contribution in [2.45, 2.75) is 0 Å². The summed E-state index contributed by atoms with van der Waals surface area (Å²) >= 11 is -1.67. The standard InChI is InChI=1S/3CH3O.Al.Li/c3*1-2;;/h3*1H3;;/q3*-1;+2;+1. The molecule has 0 aromatic carbocycles. The second kappa shape index (κ2) is 8.01. The van der Waals surface area contributed by atoms with Crippen molar-refractivity contribution in [3.63, 3.8) is 0 Å². The van der Waals surface area contributed by atoms with E-state index in [-0.39, 0.29) is 18.9 Å². The van der Waals surface area contributed by atoms with E-state index in [1.165, 1.54) is 0 Å². The normalized spacial score (nSPS) is 9.00. The van der Waals surface area contributed by atoms with Gasteiger partial charge in [0, 0.05) is 0 Å². The first-order chi connectivity index (χ1) is 3.35. The van der Waals surface area contributed by atoms with Crippen LogP contribution < -0.4 is 18.9 Å². The van der Waals surface area contributed by atoms with Crippen LogP contribution in [0.4, 0.5) is 0 Å². The van der Waals surface area contributed by atoms with Crippen LogP contribution >= 0.6 is 0 Å². The number of hydrogen-bond donors (Lipinski definition) is 0. The molecule has 0 aliphatic rings. The summed E-state index contributed by atoms with van der Waals surface area (Å²) < 4.78 is 14.2. The zero-order chi connectivity index (χ0) is 5.70. The Morgan fingerprint density at radius 2 is 1.12 bits per heavy atom. The van der Waals surface area contributed by atoms with Crippen LogP contribution in [0, 0.1) is 0 Å². The third-order valence-corrected chi connectivity index (χ3v) is 1.73. The van der Waals surface area contributed by atoms with E-state index in [1.54, 1.807) is 21.3 Å². The summed E-state index contributed by atoms with van der Waals surface area (Å²) in [5.41, 5.74) is 0. The van der Waals surface area contributed by atoms with Gasteiger partial charge in [0.05, 0.1) is 0 Å². The van der Waals surface area contributed by atoms with Crippen molar-refractivity contribution in [3.8, 4) is 0 Å². The van der Waals surface area contributed by atoms with E-state index in [4.69, 9.17) is 11.4 Å². The third kappa shape index (κ3) is 5.15. The van der Waals surface area contributed by atoms with E-state index in [1.807, 2.05) is 0 Å². The van der Waals surface area contributed by atoms with Crippen LogP contribution in [0.5, 0.6) is 0 Å². The maximum atomic E-state index is 4.74. The van der Waals surface area contributed by atoms with Crippen LogP contribution in [0.25, 0.3) is 0 Å². The van der Waals surface area contributed by atoms with Crippen LogP contribution in [0.15, 0.2) is 0 Å². The Bertz CT molecular complexity index is 36.0. The van der Waals surface area contributed by atoms with E-state index in [0.29, 0.717) is 0 Å². The zero-order valence-corrected chi connectivity index (χ0v) is 6.96. The Kier molecular flexibility index (Phi) is 11.8.